The quantitative estimate of drug-likeness (QED) is 0.556. The van der Waals surface area contributed by atoms with Gasteiger partial charge in [-0.15, -0.1) is 10.2 Å². The molecule has 0 aliphatic carbocycles. The van der Waals surface area contributed by atoms with Gasteiger partial charge < -0.3 is 4.90 Å². The Morgan fingerprint density at radius 3 is 2.32 bits per heavy atom. The number of anilines is 1. The first-order valence-corrected chi connectivity index (χ1v) is 9.96. The van der Waals surface area contributed by atoms with E-state index < -0.39 is 0 Å². The van der Waals surface area contributed by atoms with Crippen molar-refractivity contribution >= 4 is 5.95 Å². The summed E-state index contributed by atoms with van der Waals surface area (Å²) in [7, 11) is 0. The molecule has 0 spiro atoms. The van der Waals surface area contributed by atoms with Crippen molar-refractivity contribution < 1.29 is 0 Å². The predicted molar refractivity (Wildman–Crippen MR) is 108 cm³/mol. The molecular formula is C20H26N8. The van der Waals surface area contributed by atoms with Crippen LogP contribution in [0.15, 0.2) is 48.8 Å². The Kier molecular flexibility index (Phi) is 6.18. The number of unbranched alkanes of at least 4 members (excludes halogenated alkanes) is 2. The largest absolute Gasteiger partial charge is 0.338 e. The number of hydrogen-bond donors (Lipinski definition) is 0. The summed E-state index contributed by atoms with van der Waals surface area (Å²) in [4.78, 5) is 15.2. The molecule has 3 aromatic rings. The molecule has 2 aromatic heterocycles. The third kappa shape index (κ3) is 4.89. The standard InChI is InChI=1S/C20H26N8/c1-3-8-18(9-4-1)19-23-25-28(24-19)13-6-2-5-12-26-14-16-27(17-15-26)20-21-10-7-11-22-20/h1,3-4,7-11H,2,5-6,12-17H2. The Labute approximate surface area is 165 Å². The van der Waals surface area contributed by atoms with Gasteiger partial charge in [-0.2, -0.15) is 4.80 Å². The van der Waals surface area contributed by atoms with Gasteiger partial charge in [0, 0.05) is 44.1 Å². The van der Waals surface area contributed by atoms with Gasteiger partial charge in [-0.1, -0.05) is 36.8 Å². The Balaban J connectivity index is 1.12. The summed E-state index contributed by atoms with van der Waals surface area (Å²) < 4.78 is 0. The lowest BCUT2D eigenvalue weighted by atomic mass is 10.2. The van der Waals surface area contributed by atoms with Gasteiger partial charge in [0.1, 0.15) is 0 Å². The minimum absolute atomic E-state index is 0.695. The molecule has 0 atom stereocenters. The van der Waals surface area contributed by atoms with Crippen molar-refractivity contribution in [2.24, 2.45) is 0 Å². The molecule has 1 aliphatic rings. The molecule has 0 bridgehead atoms. The number of tetrazole rings is 1. The fourth-order valence-electron chi connectivity index (χ4n) is 3.43. The lowest BCUT2D eigenvalue weighted by Crippen LogP contribution is -2.47. The SMILES string of the molecule is c1ccc(-c2nnn(CCCCCN3CCN(c4ncccn4)CC3)n2)cc1. The van der Waals surface area contributed by atoms with E-state index in [4.69, 9.17) is 0 Å². The van der Waals surface area contributed by atoms with Gasteiger partial charge in [0.05, 0.1) is 6.54 Å². The summed E-state index contributed by atoms with van der Waals surface area (Å²) in [5, 5.41) is 12.8. The van der Waals surface area contributed by atoms with Crippen LogP contribution >= 0.6 is 0 Å². The third-order valence-electron chi connectivity index (χ3n) is 5.02. The van der Waals surface area contributed by atoms with Gasteiger partial charge in [0.15, 0.2) is 0 Å². The van der Waals surface area contributed by atoms with E-state index in [0.717, 1.165) is 57.2 Å². The monoisotopic (exact) mass is 378 g/mol. The second kappa shape index (κ2) is 9.36. The third-order valence-corrected chi connectivity index (χ3v) is 5.02. The van der Waals surface area contributed by atoms with Crippen LogP contribution in [0.1, 0.15) is 19.3 Å². The maximum Gasteiger partial charge on any atom is 0.225 e. The highest BCUT2D eigenvalue weighted by Gasteiger charge is 2.18. The fourth-order valence-corrected chi connectivity index (χ4v) is 3.43. The zero-order chi connectivity index (χ0) is 19.0. The molecule has 4 rings (SSSR count). The molecule has 1 fully saturated rings. The predicted octanol–water partition coefficient (Wildman–Crippen LogP) is 2.12. The molecular weight excluding hydrogens is 352 g/mol. The zero-order valence-electron chi connectivity index (χ0n) is 16.1. The van der Waals surface area contributed by atoms with Crippen molar-refractivity contribution in [1.29, 1.82) is 0 Å². The van der Waals surface area contributed by atoms with Crippen LogP contribution in [0, 0.1) is 0 Å². The molecule has 0 unspecified atom stereocenters. The van der Waals surface area contributed by atoms with Gasteiger partial charge in [0.25, 0.3) is 0 Å². The van der Waals surface area contributed by atoms with Crippen LogP contribution < -0.4 is 4.90 Å². The summed E-state index contributed by atoms with van der Waals surface area (Å²) in [6.07, 6.45) is 7.05. The molecule has 0 radical (unpaired) electrons. The molecule has 8 nitrogen and oxygen atoms in total. The Morgan fingerprint density at radius 1 is 0.786 bits per heavy atom. The van der Waals surface area contributed by atoms with Crippen molar-refractivity contribution in [3.8, 4) is 11.4 Å². The van der Waals surface area contributed by atoms with Crippen LogP contribution in [0.25, 0.3) is 11.4 Å². The number of hydrogen-bond acceptors (Lipinski definition) is 7. The lowest BCUT2D eigenvalue weighted by molar-refractivity contribution is 0.250. The van der Waals surface area contributed by atoms with Crippen LogP contribution in [0.5, 0.6) is 0 Å². The molecule has 8 heteroatoms. The maximum absolute atomic E-state index is 4.47. The van der Waals surface area contributed by atoms with Crippen LogP contribution in [-0.2, 0) is 6.54 Å². The Hall–Kier alpha value is -2.87. The van der Waals surface area contributed by atoms with Gasteiger partial charge in [0.2, 0.25) is 11.8 Å². The molecule has 1 aliphatic heterocycles. The molecule has 3 heterocycles. The average molecular weight is 378 g/mol. The second-order valence-electron chi connectivity index (χ2n) is 7.01. The van der Waals surface area contributed by atoms with Crippen LogP contribution in [0.2, 0.25) is 0 Å². The van der Waals surface area contributed by atoms with Crippen LogP contribution in [-0.4, -0.2) is 67.8 Å². The van der Waals surface area contributed by atoms with E-state index in [0.29, 0.717) is 5.82 Å². The smallest absolute Gasteiger partial charge is 0.225 e. The van der Waals surface area contributed by atoms with Crippen LogP contribution in [0.3, 0.4) is 0 Å². The van der Waals surface area contributed by atoms with E-state index in [-0.39, 0.29) is 0 Å². The first-order valence-electron chi connectivity index (χ1n) is 9.96. The summed E-state index contributed by atoms with van der Waals surface area (Å²) >= 11 is 0. The second-order valence-corrected chi connectivity index (χ2v) is 7.01. The van der Waals surface area contributed by atoms with Crippen molar-refractivity contribution in [2.45, 2.75) is 25.8 Å². The van der Waals surface area contributed by atoms with Gasteiger partial charge in [-0.3, -0.25) is 4.90 Å². The van der Waals surface area contributed by atoms with Crippen molar-refractivity contribution in [3.05, 3.63) is 48.8 Å². The fraction of sp³-hybridized carbons (Fsp3) is 0.450. The van der Waals surface area contributed by atoms with E-state index in [1.54, 1.807) is 4.80 Å². The minimum atomic E-state index is 0.695. The minimum Gasteiger partial charge on any atom is -0.338 e. The number of nitrogens with zero attached hydrogens (tertiary/aromatic N) is 8. The van der Waals surface area contributed by atoms with Gasteiger partial charge in [-0.25, -0.2) is 9.97 Å². The molecule has 0 amide bonds. The highest BCUT2D eigenvalue weighted by Crippen LogP contribution is 2.13. The summed E-state index contributed by atoms with van der Waals surface area (Å²) in [6.45, 7) is 6.10. The Bertz CT molecular complexity index is 828. The van der Waals surface area contributed by atoms with E-state index in [9.17, 15) is 0 Å². The first-order chi connectivity index (χ1) is 13.9. The summed E-state index contributed by atoms with van der Waals surface area (Å²) in [5.41, 5.74) is 1.01. The summed E-state index contributed by atoms with van der Waals surface area (Å²) in [5.74, 6) is 1.54. The highest BCUT2D eigenvalue weighted by molar-refractivity contribution is 5.52. The molecule has 1 aromatic carbocycles. The average Bonchev–Trinajstić information content (AvgIpc) is 3.24. The van der Waals surface area contributed by atoms with Crippen molar-refractivity contribution in [2.75, 3.05) is 37.6 Å². The number of aryl methyl sites for hydroxylation is 1. The van der Waals surface area contributed by atoms with Crippen molar-refractivity contribution in [1.82, 2.24) is 35.1 Å². The molecule has 1 saturated heterocycles. The number of benzene rings is 1. The normalized spacial score (nSPS) is 15.1. The zero-order valence-corrected chi connectivity index (χ0v) is 16.1. The van der Waals surface area contributed by atoms with Crippen LogP contribution in [0.4, 0.5) is 5.95 Å². The van der Waals surface area contributed by atoms with E-state index in [2.05, 4.69) is 35.2 Å². The van der Waals surface area contributed by atoms with Gasteiger partial charge >= 0.3 is 0 Å². The lowest BCUT2D eigenvalue weighted by Gasteiger charge is -2.34. The number of rotatable bonds is 8. The van der Waals surface area contributed by atoms with E-state index in [1.165, 1.54) is 12.8 Å². The molecule has 146 valence electrons. The topological polar surface area (TPSA) is 75.9 Å². The summed E-state index contributed by atoms with van der Waals surface area (Å²) in [6, 6.07) is 11.8. The molecule has 0 saturated carbocycles. The van der Waals surface area contributed by atoms with Gasteiger partial charge in [-0.05, 0) is 30.7 Å². The van der Waals surface area contributed by atoms with E-state index in [1.807, 2.05) is 48.8 Å². The maximum atomic E-state index is 4.47. The first kappa shape index (κ1) is 18.5. The van der Waals surface area contributed by atoms with Crippen molar-refractivity contribution in [3.63, 3.8) is 0 Å². The number of aromatic nitrogens is 6. The molecule has 0 N–H and O–H groups in total. The Morgan fingerprint density at radius 2 is 1.54 bits per heavy atom. The highest BCUT2D eigenvalue weighted by atomic mass is 15.6. The number of piperazine rings is 1. The molecule has 28 heavy (non-hydrogen) atoms. The van der Waals surface area contributed by atoms with E-state index >= 15 is 0 Å².